The second kappa shape index (κ2) is 11.0. The van der Waals surface area contributed by atoms with E-state index in [9.17, 15) is 9.18 Å². The van der Waals surface area contributed by atoms with E-state index in [2.05, 4.69) is 32.8 Å². The van der Waals surface area contributed by atoms with Crippen LogP contribution < -0.4 is 19.7 Å². The van der Waals surface area contributed by atoms with Gasteiger partial charge in [-0.15, -0.1) is 0 Å². The number of nitrogens with one attached hydrogen (secondary N) is 1. The molecule has 0 unspecified atom stereocenters. The molecule has 180 valence electrons. The molecule has 0 aromatic heterocycles. The number of amides is 1. The highest BCUT2D eigenvalue weighted by molar-refractivity contribution is 14.1. The average molecular weight is 591 g/mol. The van der Waals surface area contributed by atoms with Gasteiger partial charge in [0.15, 0.2) is 11.5 Å². The van der Waals surface area contributed by atoms with Gasteiger partial charge in [0.25, 0.3) is 0 Å². The maximum absolute atomic E-state index is 13.5. The first kappa shape index (κ1) is 25.7. The Hall–Kier alpha value is -1.94. The quantitative estimate of drug-likeness (QED) is 0.383. The van der Waals surface area contributed by atoms with Gasteiger partial charge in [-0.05, 0) is 86.4 Å². The summed E-state index contributed by atoms with van der Waals surface area (Å²) < 4.78 is 31.1. The standard InChI is InChI=1S/C24H29ClFIN2O4/c1-24(2,3)33-23(30)28-13-15-6-5-11-29(14-15)22-17(27)8-10-19(21(22)25)32-18-9-7-16(26)12-20(18)31-4/h7-10,12,15H,5-6,11,13-14H2,1-4H3,(H,28,30)/t15-/m0/s1. The van der Waals surface area contributed by atoms with Gasteiger partial charge in [-0.2, -0.15) is 0 Å². The number of nitrogens with zero attached hydrogens (tertiary/aromatic N) is 1. The van der Waals surface area contributed by atoms with E-state index in [0.29, 0.717) is 23.1 Å². The van der Waals surface area contributed by atoms with Gasteiger partial charge in [-0.1, -0.05) is 11.6 Å². The number of anilines is 1. The number of hydrogen-bond donors (Lipinski definition) is 1. The molecule has 6 nitrogen and oxygen atoms in total. The van der Waals surface area contributed by atoms with Crippen LogP contribution in [-0.2, 0) is 4.74 Å². The van der Waals surface area contributed by atoms with E-state index in [1.54, 1.807) is 6.07 Å². The normalized spacial score (nSPS) is 16.3. The number of hydrogen-bond acceptors (Lipinski definition) is 5. The minimum Gasteiger partial charge on any atom is -0.493 e. The Balaban J connectivity index is 1.74. The molecule has 2 aromatic carbocycles. The fourth-order valence-electron chi connectivity index (χ4n) is 3.71. The van der Waals surface area contributed by atoms with Gasteiger partial charge in [0.2, 0.25) is 0 Å². The number of rotatable bonds is 6. The van der Waals surface area contributed by atoms with E-state index >= 15 is 0 Å². The third-order valence-electron chi connectivity index (χ3n) is 5.15. The molecule has 1 heterocycles. The van der Waals surface area contributed by atoms with Gasteiger partial charge in [0.1, 0.15) is 22.2 Å². The predicted molar refractivity (Wildman–Crippen MR) is 136 cm³/mol. The van der Waals surface area contributed by atoms with Crippen LogP contribution in [0.15, 0.2) is 30.3 Å². The Kier molecular flexibility index (Phi) is 8.55. The summed E-state index contributed by atoms with van der Waals surface area (Å²) in [5.41, 5.74) is 0.359. The van der Waals surface area contributed by atoms with E-state index in [0.717, 1.165) is 35.2 Å². The van der Waals surface area contributed by atoms with Crippen molar-refractivity contribution in [2.75, 3.05) is 31.6 Å². The van der Waals surface area contributed by atoms with Crippen LogP contribution in [0.25, 0.3) is 0 Å². The first-order valence-corrected chi connectivity index (χ1v) is 12.2. The fourth-order valence-corrected chi connectivity index (χ4v) is 4.98. The summed E-state index contributed by atoms with van der Waals surface area (Å²) in [6, 6.07) is 7.83. The SMILES string of the molecule is COc1cc(F)ccc1Oc1ccc(I)c(N2CCC[C@@H](CNC(=O)OC(C)(C)C)C2)c1Cl. The molecule has 1 N–H and O–H groups in total. The van der Waals surface area contributed by atoms with Crippen molar-refractivity contribution in [2.24, 2.45) is 5.92 Å². The maximum Gasteiger partial charge on any atom is 0.407 e. The van der Waals surface area contributed by atoms with Crippen LogP contribution in [0.1, 0.15) is 33.6 Å². The summed E-state index contributed by atoms with van der Waals surface area (Å²) in [7, 11) is 1.46. The summed E-state index contributed by atoms with van der Waals surface area (Å²) in [4.78, 5) is 14.3. The van der Waals surface area contributed by atoms with Crippen LogP contribution in [0.5, 0.6) is 17.2 Å². The summed E-state index contributed by atoms with van der Waals surface area (Å²) >= 11 is 9.06. The van der Waals surface area contributed by atoms with Gasteiger partial charge in [-0.25, -0.2) is 9.18 Å². The lowest BCUT2D eigenvalue weighted by Gasteiger charge is -2.36. The molecule has 1 amide bonds. The summed E-state index contributed by atoms with van der Waals surface area (Å²) in [5.74, 6) is 0.988. The lowest BCUT2D eigenvalue weighted by Crippen LogP contribution is -2.42. The molecule has 0 spiro atoms. The zero-order valence-corrected chi connectivity index (χ0v) is 22.1. The fraction of sp³-hybridized carbons (Fsp3) is 0.458. The average Bonchev–Trinajstić information content (AvgIpc) is 2.74. The Morgan fingerprint density at radius 3 is 2.67 bits per heavy atom. The summed E-state index contributed by atoms with van der Waals surface area (Å²) in [6.45, 7) is 7.65. The van der Waals surface area contributed by atoms with Gasteiger partial charge in [0.05, 0.1) is 12.8 Å². The minimum atomic E-state index is -0.528. The Morgan fingerprint density at radius 2 is 1.97 bits per heavy atom. The lowest BCUT2D eigenvalue weighted by atomic mass is 9.97. The zero-order valence-electron chi connectivity index (χ0n) is 19.2. The van der Waals surface area contributed by atoms with E-state index in [4.69, 9.17) is 25.8 Å². The Bertz CT molecular complexity index is 999. The van der Waals surface area contributed by atoms with Crippen LogP contribution in [0.2, 0.25) is 5.02 Å². The molecular formula is C24H29ClFIN2O4. The molecule has 1 aliphatic rings. The zero-order chi connectivity index (χ0) is 24.2. The second-order valence-corrected chi connectivity index (χ2v) is 10.5. The van der Waals surface area contributed by atoms with E-state index in [1.165, 1.54) is 25.3 Å². The molecule has 1 atom stereocenters. The number of piperidine rings is 1. The number of benzene rings is 2. The first-order valence-electron chi connectivity index (χ1n) is 10.8. The van der Waals surface area contributed by atoms with Gasteiger partial charge in [-0.3, -0.25) is 0 Å². The maximum atomic E-state index is 13.5. The van der Waals surface area contributed by atoms with E-state index in [1.807, 2.05) is 26.8 Å². The van der Waals surface area contributed by atoms with Crippen LogP contribution >= 0.6 is 34.2 Å². The molecule has 2 aromatic rings. The molecule has 0 radical (unpaired) electrons. The number of ether oxygens (including phenoxy) is 3. The van der Waals surface area contributed by atoms with Crippen molar-refractivity contribution in [1.82, 2.24) is 5.32 Å². The van der Waals surface area contributed by atoms with Gasteiger partial charge < -0.3 is 24.4 Å². The number of alkyl carbamates (subject to hydrolysis) is 1. The molecule has 1 saturated heterocycles. The Morgan fingerprint density at radius 1 is 1.24 bits per heavy atom. The van der Waals surface area contributed by atoms with Crippen molar-refractivity contribution in [2.45, 2.75) is 39.2 Å². The number of methoxy groups -OCH3 is 1. The molecule has 9 heteroatoms. The van der Waals surface area contributed by atoms with Crippen molar-refractivity contribution in [1.29, 1.82) is 0 Å². The van der Waals surface area contributed by atoms with Gasteiger partial charge in [0, 0.05) is 29.3 Å². The largest absolute Gasteiger partial charge is 0.493 e. The monoisotopic (exact) mass is 590 g/mol. The smallest absolute Gasteiger partial charge is 0.407 e. The highest BCUT2D eigenvalue weighted by Gasteiger charge is 2.26. The number of halogens is 3. The molecule has 1 aliphatic heterocycles. The Labute approximate surface area is 212 Å². The van der Waals surface area contributed by atoms with Crippen molar-refractivity contribution >= 4 is 46.0 Å². The van der Waals surface area contributed by atoms with E-state index in [-0.39, 0.29) is 11.7 Å². The third kappa shape index (κ3) is 7.02. The minimum absolute atomic E-state index is 0.264. The summed E-state index contributed by atoms with van der Waals surface area (Å²) in [6.07, 6.45) is 1.57. The van der Waals surface area contributed by atoms with Gasteiger partial charge >= 0.3 is 6.09 Å². The van der Waals surface area contributed by atoms with Crippen molar-refractivity contribution < 1.29 is 23.4 Å². The highest BCUT2D eigenvalue weighted by Crippen LogP contribution is 2.43. The number of carbonyl (C=O) groups is 1. The molecule has 0 aliphatic carbocycles. The molecular weight excluding hydrogens is 562 g/mol. The first-order chi connectivity index (χ1) is 15.6. The van der Waals surface area contributed by atoms with E-state index < -0.39 is 17.5 Å². The molecule has 0 saturated carbocycles. The number of carbonyl (C=O) groups excluding carboxylic acids is 1. The van der Waals surface area contributed by atoms with Crippen molar-refractivity contribution in [3.05, 3.63) is 44.7 Å². The highest BCUT2D eigenvalue weighted by atomic mass is 127. The topological polar surface area (TPSA) is 60.0 Å². The lowest BCUT2D eigenvalue weighted by molar-refractivity contribution is 0.0517. The van der Waals surface area contributed by atoms with Crippen LogP contribution in [0.3, 0.4) is 0 Å². The van der Waals surface area contributed by atoms with Crippen LogP contribution in [0, 0.1) is 15.3 Å². The van der Waals surface area contributed by atoms with Crippen molar-refractivity contribution in [3.63, 3.8) is 0 Å². The predicted octanol–water partition coefficient (Wildman–Crippen LogP) is 6.63. The second-order valence-electron chi connectivity index (χ2n) is 8.94. The molecule has 0 bridgehead atoms. The molecule has 1 fully saturated rings. The van der Waals surface area contributed by atoms with Crippen molar-refractivity contribution in [3.8, 4) is 17.2 Å². The molecule has 3 rings (SSSR count). The van der Waals surface area contributed by atoms with Crippen LogP contribution in [0.4, 0.5) is 14.9 Å². The third-order valence-corrected chi connectivity index (χ3v) is 6.38. The molecule has 33 heavy (non-hydrogen) atoms. The van der Waals surface area contributed by atoms with Crippen LogP contribution in [-0.4, -0.2) is 38.4 Å². The summed E-state index contributed by atoms with van der Waals surface area (Å²) in [5, 5.41) is 3.36.